The topological polar surface area (TPSA) is 29.5 Å². The second-order valence-electron chi connectivity index (χ2n) is 4.41. The maximum absolute atomic E-state index is 9.66. The van der Waals surface area contributed by atoms with Gasteiger partial charge in [0, 0.05) is 0 Å². The monoisotopic (exact) mass is 240 g/mol. The van der Waals surface area contributed by atoms with Crippen molar-refractivity contribution < 1.29 is 9.84 Å². The zero-order valence-electron chi connectivity index (χ0n) is 9.45. The fourth-order valence-corrected chi connectivity index (χ4v) is 2.59. The molecule has 1 aliphatic rings. The predicted octanol–water partition coefficient (Wildman–Crippen LogP) is 3.37. The summed E-state index contributed by atoms with van der Waals surface area (Å²) in [4.78, 5) is 0. The Morgan fingerprint density at radius 2 is 2.19 bits per heavy atom. The van der Waals surface area contributed by atoms with Gasteiger partial charge in [0.25, 0.3) is 0 Å². The van der Waals surface area contributed by atoms with E-state index in [0.717, 1.165) is 31.4 Å². The normalized spacial score (nSPS) is 25.4. The lowest BCUT2D eigenvalue weighted by Crippen LogP contribution is -2.18. The van der Waals surface area contributed by atoms with Crippen molar-refractivity contribution in [1.82, 2.24) is 0 Å². The van der Waals surface area contributed by atoms with Crippen molar-refractivity contribution in [3.63, 3.8) is 0 Å². The molecule has 88 valence electrons. The molecule has 0 aromatic heterocycles. The molecule has 0 amide bonds. The minimum Gasteiger partial charge on any atom is -0.495 e. The summed E-state index contributed by atoms with van der Waals surface area (Å²) in [6.07, 6.45) is 3.87. The molecule has 1 aromatic carbocycles. The molecule has 1 aliphatic carbocycles. The standard InChI is InChI=1S/C13H17ClO2/c1-16-13-8-10(5-6-12(13)14)9-3-2-4-11(15)7-9/h5-6,8-9,11,15H,2-4,7H2,1H3. The third-order valence-electron chi connectivity index (χ3n) is 3.29. The lowest BCUT2D eigenvalue weighted by Gasteiger charge is -2.26. The maximum Gasteiger partial charge on any atom is 0.137 e. The lowest BCUT2D eigenvalue weighted by molar-refractivity contribution is 0.119. The molecular weight excluding hydrogens is 224 g/mol. The number of aliphatic hydroxyl groups excluding tert-OH is 1. The predicted molar refractivity (Wildman–Crippen MR) is 65.2 cm³/mol. The van der Waals surface area contributed by atoms with E-state index in [4.69, 9.17) is 16.3 Å². The van der Waals surface area contributed by atoms with Crippen molar-refractivity contribution >= 4 is 11.6 Å². The van der Waals surface area contributed by atoms with Crippen molar-refractivity contribution in [3.05, 3.63) is 28.8 Å². The molecule has 2 atom stereocenters. The zero-order chi connectivity index (χ0) is 11.5. The van der Waals surface area contributed by atoms with E-state index >= 15 is 0 Å². The Morgan fingerprint density at radius 1 is 1.38 bits per heavy atom. The van der Waals surface area contributed by atoms with Crippen LogP contribution in [0.15, 0.2) is 18.2 Å². The van der Waals surface area contributed by atoms with Gasteiger partial charge < -0.3 is 9.84 Å². The fraction of sp³-hybridized carbons (Fsp3) is 0.538. The molecule has 3 heteroatoms. The van der Waals surface area contributed by atoms with Crippen LogP contribution in [0.4, 0.5) is 0 Å². The first-order valence-electron chi connectivity index (χ1n) is 5.72. The molecule has 1 fully saturated rings. The second kappa shape index (κ2) is 5.07. The van der Waals surface area contributed by atoms with E-state index in [0.29, 0.717) is 10.9 Å². The Labute approximate surface area is 101 Å². The first-order valence-corrected chi connectivity index (χ1v) is 6.10. The van der Waals surface area contributed by atoms with Gasteiger partial charge in [-0.1, -0.05) is 24.1 Å². The number of benzene rings is 1. The molecule has 1 saturated carbocycles. The van der Waals surface area contributed by atoms with E-state index in [1.54, 1.807) is 7.11 Å². The Balaban J connectivity index is 2.19. The molecule has 2 rings (SSSR count). The van der Waals surface area contributed by atoms with Gasteiger partial charge in [0.1, 0.15) is 5.75 Å². The van der Waals surface area contributed by atoms with Crippen LogP contribution < -0.4 is 4.74 Å². The Bertz CT molecular complexity index is 365. The van der Waals surface area contributed by atoms with Crippen LogP contribution in [-0.2, 0) is 0 Å². The average Bonchev–Trinajstić information content (AvgIpc) is 2.29. The molecule has 0 bridgehead atoms. The molecule has 0 saturated heterocycles. The highest BCUT2D eigenvalue weighted by molar-refractivity contribution is 6.32. The maximum atomic E-state index is 9.66. The molecule has 0 aliphatic heterocycles. The van der Waals surface area contributed by atoms with Crippen molar-refractivity contribution in [2.24, 2.45) is 0 Å². The number of rotatable bonds is 2. The molecule has 0 spiro atoms. The zero-order valence-corrected chi connectivity index (χ0v) is 10.2. The summed E-state index contributed by atoms with van der Waals surface area (Å²) in [7, 11) is 1.63. The molecule has 1 N–H and O–H groups in total. The van der Waals surface area contributed by atoms with Gasteiger partial charge in [-0.15, -0.1) is 0 Å². The fourth-order valence-electron chi connectivity index (χ4n) is 2.40. The van der Waals surface area contributed by atoms with Crippen LogP contribution in [0.2, 0.25) is 5.02 Å². The van der Waals surface area contributed by atoms with E-state index in [9.17, 15) is 5.11 Å². The summed E-state index contributed by atoms with van der Waals surface area (Å²) in [5.41, 5.74) is 1.22. The Morgan fingerprint density at radius 3 is 2.88 bits per heavy atom. The summed E-state index contributed by atoms with van der Waals surface area (Å²) in [5, 5.41) is 10.3. The second-order valence-corrected chi connectivity index (χ2v) is 4.82. The summed E-state index contributed by atoms with van der Waals surface area (Å²) in [6, 6.07) is 5.90. The average molecular weight is 241 g/mol. The van der Waals surface area contributed by atoms with Gasteiger partial charge in [-0.05, 0) is 42.9 Å². The number of aliphatic hydroxyl groups is 1. The number of ether oxygens (including phenoxy) is 1. The summed E-state index contributed by atoms with van der Waals surface area (Å²) >= 11 is 5.99. The van der Waals surface area contributed by atoms with Crippen LogP contribution >= 0.6 is 11.6 Å². The summed E-state index contributed by atoms with van der Waals surface area (Å²) in [5.74, 6) is 1.16. The van der Waals surface area contributed by atoms with Crippen LogP contribution in [0, 0.1) is 0 Å². The highest BCUT2D eigenvalue weighted by atomic mass is 35.5. The minimum atomic E-state index is -0.152. The van der Waals surface area contributed by atoms with E-state index in [-0.39, 0.29) is 6.10 Å². The Kier molecular flexibility index (Phi) is 3.72. The smallest absolute Gasteiger partial charge is 0.137 e. The number of methoxy groups -OCH3 is 1. The quantitative estimate of drug-likeness (QED) is 0.859. The molecule has 16 heavy (non-hydrogen) atoms. The van der Waals surface area contributed by atoms with Gasteiger partial charge in [-0.25, -0.2) is 0 Å². The van der Waals surface area contributed by atoms with Crippen LogP contribution in [-0.4, -0.2) is 18.3 Å². The molecular formula is C13H17ClO2. The Hall–Kier alpha value is -0.730. The first-order chi connectivity index (χ1) is 7.70. The van der Waals surface area contributed by atoms with Crippen LogP contribution in [0.3, 0.4) is 0 Å². The van der Waals surface area contributed by atoms with Gasteiger partial charge in [0.15, 0.2) is 0 Å². The van der Waals surface area contributed by atoms with Gasteiger partial charge in [-0.2, -0.15) is 0 Å². The number of hydrogen-bond acceptors (Lipinski definition) is 2. The van der Waals surface area contributed by atoms with E-state index in [2.05, 4.69) is 0 Å². The van der Waals surface area contributed by atoms with Crippen molar-refractivity contribution in [2.45, 2.75) is 37.7 Å². The van der Waals surface area contributed by atoms with Gasteiger partial charge in [0.2, 0.25) is 0 Å². The summed E-state index contributed by atoms with van der Waals surface area (Å²) < 4.78 is 5.21. The highest BCUT2D eigenvalue weighted by Crippen LogP contribution is 2.36. The van der Waals surface area contributed by atoms with Gasteiger partial charge in [-0.3, -0.25) is 0 Å². The molecule has 0 heterocycles. The number of hydrogen-bond donors (Lipinski definition) is 1. The van der Waals surface area contributed by atoms with Crippen molar-refractivity contribution in [3.8, 4) is 5.75 Å². The molecule has 2 unspecified atom stereocenters. The van der Waals surface area contributed by atoms with Crippen LogP contribution in [0.25, 0.3) is 0 Å². The summed E-state index contributed by atoms with van der Waals surface area (Å²) in [6.45, 7) is 0. The lowest BCUT2D eigenvalue weighted by atomic mass is 9.82. The largest absolute Gasteiger partial charge is 0.495 e. The minimum absolute atomic E-state index is 0.152. The van der Waals surface area contributed by atoms with Crippen LogP contribution in [0.1, 0.15) is 37.2 Å². The molecule has 2 nitrogen and oxygen atoms in total. The van der Waals surface area contributed by atoms with Crippen molar-refractivity contribution in [1.29, 1.82) is 0 Å². The molecule has 1 aromatic rings. The van der Waals surface area contributed by atoms with E-state index in [1.807, 2.05) is 18.2 Å². The van der Waals surface area contributed by atoms with Crippen molar-refractivity contribution in [2.75, 3.05) is 7.11 Å². The van der Waals surface area contributed by atoms with E-state index < -0.39 is 0 Å². The molecule has 0 radical (unpaired) electrons. The van der Waals surface area contributed by atoms with Gasteiger partial charge in [0.05, 0.1) is 18.2 Å². The first kappa shape index (κ1) is 11.7. The van der Waals surface area contributed by atoms with Gasteiger partial charge >= 0.3 is 0 Å². The SMILES string of the molecule is COc1cc(C2CCCC(O)C2)ccc1Cl. The van der Waals surface area contributed by atoms with Crippen LogP contribution in [0.5, 0.6) is 5.75 Å². The highest BCUT2D eigenvalue weighted by Gasteiger charge is 2.22. The number of halogens is 1. The third-order valence-corrected chi connectivity index (χ3v) is 3.61. The van der Waals surface area contributed by atoms with E-state index in [1.165, 1.54) is 5.56 Å². The third kappa shape index (κ3) is 2.50.